The molecule has 1 aliphatic heterocycles. The first kappa shape index (κ1) is 19.9. The number of hydrogen-bond donors (Lipinski definition) is 1. The maximum absolute atomic E-state index is 12.3. The van der Waals surface area contributed by atoms with Gasteiger partial charge in [0.15, 0.2) is 5.13 Å². The Hall–Kier alpha value is -2.41. The van der Waals surface area contributed by atoms with Crippen LogP contribution >= 0.6 is 22.9 Å². The Bertz CT molecular complexity index is 1060. The number of likely N-dealkylation sites (N-methyl/N-ethyl adjacent to an activating group) is 1. The Balaban J connectivity index is 1.44. The summed E-state index contributed by atoms with van der Waals surface area (Å²) in [5.74, 6) is -0.178. The molecule has 4 rings (SSSR count). The summed E-state index contributed by atoms with van der Waals surface area (Å²) in [4.78, 5) is 21.7. The third-order valence-electron chi connectivity index (χ3n) is 5.08. The van der Waals surface area contributed by atoms with Crippen LogP contribution in [-0.4, -0.2) is 49.0 Å². The van der Waals surface area contributed by atoms with Crippen molar-refractivity contribution in [1.82, 2.24) is 9.88 Å². The molecule has 1 aromatic heterocycles. The minimum absolute atomic E-state index is 0.178. The molecule has 1 amide bonds. The number of aromatic nitrogens is 1. The van der Waals surface area contributed by atoms with Gasteiger partial charge in [-0.2, -0.15) is 0 Å². The van der Waals surface area contributed by atoms with Crippen molar-refractivity contribution in [3.8, 4) is 0 Å². The van der Waals surface area contributed by atoms with Crippen LogP contribution in [0.5, 0.6) is 0 Å². The van der Waals surface area contributed by atoms with Gasteiger partial charge in [-0.1, -0.05) is 35.1 Å². The highest BCUT2D eigenvalue weighted by atomic mass is 35.5. The lowest BCUT2D eigenvalue weighted by Gasteiger charge is -2.19. The average Bonchev–Trinajstić information content (AvgIpc) is 3.33. The van der Waals surface area contributed by atoms with Gasteiger partial charge in [0.25, 0.3) is 0 Å². The number of fused-ring (bicyclic) bond motifs is 1. The number of nitrogens with zero attached hydrogens (tertiary/aromatic N) is 3. The smallest absolute Gasteiger partial charge is 0.248 e. The maximum atomic E-state index is 12.3. The number of halogens is 1. The van der Waals surface area contributed by atoms with Crippen LogP contribution in [0.25, 0.3) is 16.3 Å². The van der Waals surface area contributed by atoms with Crippen molar-refractivity contribution in [3.05, 3.63) is 59.1 Å². The predicted octanol–water partition coefficient (Wildman–Crippen LogP) is 4.74. The summed E-state index contributed by atoms with van der Waals surface area (Å²) >= 11 is 7.65. The summed E-state index contributed by atoms with van der Waals surface area (Å²) in [6.07, 6.45) is 4.42. The molecular formula is C22H23ClN4OS. The van der Waals surface area contributed by atoms with Gasteiger partial charge in [-0.05, 0) is 62.5 Å². The molecule has 0 bridgehead atoms. The Morgan fingerprint density at radius 1 is 1.31 bits per heavy atom. The van der Waals surface area contributed by atoms with Gasteiger partial charge in [-0.3, -0.25) is 4.79 Å². The van der Waals surface area contributed by atoms with Crippen LogP contribution in [0, 0.1) is 0 Å². The molecule has 0 aliphatic carbocycles. The summed E-state index contributed by atoms with van der Waals surface area (Å²) in [6, 6.07) is 13.8. The third-order valence-corrected chi connectivity index (χ3v) is 6.40. The van der Waals surface area contributed by atoms with E-state index in [9.17, 15) is 4.79 Å². The highest BCUT2D eigenvalue weighted by molar-refractivity contribution is 7.22. The van der Waals surface area contributed by atoms with Gasteiger partial charge in [0.1, 0.15) is 0 Å². The monoisotopic (exact) mass is 426 g/mol. The molecule has 1 saturated heterocycles. The maximum Gasteiger partial charge on any atom is 0.248 e. The summed E-state index contributed by atoms with van der Waals surface area (Å²) in [7, 11) is 4.25. The highest BCUT2D eigenvalue weighted by Gasteiger charge is 2.26. The second-order valence-electron chi connectivity index (χ2n) is 7.41. The molecule has 1 N–H and O–H groups in total. The molecule has 1 aliphatic rings. The number of benzene rings is 2. The Labute approximate surface area is 179 Å². The molecule has 1 atom stereocenters. The van der Waals surface area contributed by atoms with E-state index in [1.165, 1.54) is 6.08 Å². The Morgan fingerprint density at radius 3 is 2.93 bits per heavy atom. The van der Waals surface area contributed by atoms with Gasteiger partial charge in [-0.15, -0.1) is 0 Å². The van der Waals surface area contributed by atoms with Crippen molar-refractivity contribution in [1.29, 1.82) is 0 Å². The number of thiazole rings is 1. The topological polar surface area (TPSA) is 48.5 Å². The van der Waals surface area contributed by atoms with Crippen molar-refractivity contribution in [2.24, 2.45) is 0 Å². The van der Waals surface area contributed by atoms with Crippen molar-refractivity contribution in [2.75, 3.05) is 37.4 Å². The number of carbonyl (C=O) groups excluding carboxylic acids is 1. The van der Waals surface area contributed by atoms with Crippen LogP contribution in [0.1, 0.15) is 12.0 Å². The van der Waals surface area contributed by atoms with E-state index in [0.29, 0.717) is 11.1 Å². The fourth-order valence-corrected chi connectivity index (χ4v) is 4.67. The number of hydrogen-bond acceptors (Lipinski definition) is 5. The zero-order valence-electron chi connectivity index (χ0n) is 16.4. The van der Waals surface area contributed by atoms with Crippen LogP contribution in [0.15, 0.2) is 48.5 Å². The third kappa shape index (κ3) is 4.78. The summed E-state index contributed by atoms with van der Waals surface area (Å²) < 4.78 is 1.07. The van der Waals surface area contributed by atoms with E-state index in [4.69, 9.17) is 16.6 Å². The first-order chi connectivity index (χ1) is 14.0. The fraction of sp³-hybridized carbons (Fsp3) is 0.273. The van der Waals surface area contributed by atoms with E-state index < -0.39 is 0 Å². The first-order valence-corrected chi connectivity index (χ1v) is 10.7. The van der Waals surface area contributed by atoms with E-state index in [1.54, 1.807) is 23.5 Å². The fourth-order valence-electron chi connectivity index (χ4n) is 3.43. The molecule has 5 nitrogen and oxygen atoms in total. The SMILES string of the molecule is CN(C)C1CCN(c2nc3ccc(NC(=O)/C=C/c4cccc(Cl)c4)cc3s2)C1. The summed E-state index contributed by atoms with van der Waals surface area (Å²) in [6.45, 7) is 2.03. The zero-order chi connectivity index (χ0) is 20.4. The molecular weight excluding hydrogens is 404 g/mol. The van der Waals surface area contributed by atoms with Crippen LogP contribution in [0.3, 0.4) is 0 Å². The average molecular weight is 427 g/mol. The summed E-state index contributed by atoms with van der Waals surface area (Å²) in [5, 5.41) is 4.62. The molecule has 7 heteroatoms. The molecule has 29 heavy (non-hydrogen) atoms. The molecule has 2 heterocycles. The lowest BCUT2D eigenvalue weighted by Crippen LogP contribution is -2.31. The van der Waals surface area contributed by atoms with Gasteiger partial charge in [0, 0.05) is 35.9 Å². The van der Waals surface area contributed by atoms with Crippen molar-refractivity contribution in [3.63, 3.8) is 0 Å². The molecule has 2 aromatic carbocycles. The largest absolute Gasteiger partial charge is 0.346 e. The number of rotatable bonds is 5. The van der Waals surface area contributed by atoms with Crippen molar-refractivity contribution in [2.45, 2.75) is 12.5 Å². The number of nitrogens with one attached hydrogen (secondary N) is 1. The van der Waals surface area contributed by atoms with Crippen LogP contribution in [0.4, 0.5) is 10.8 Å². The minimum Gasteiger partial charge on any atom is -0.346 e. The minimum atomic E-state index is -0.178. The molecule has 0 saturated carbocycles. The summed E-state index contributed by atoms with van der Waals surface area (Å²) in [5.41, 5.74) is 2.61. The van der Waals surface area contributed by atoms with Gasteiger partial charge < -0.3 is 15.1 Å². The number of amides is 1. The quantitative estimate of drug-likeness (QED) is 0.598. The molecule has 0 radical (unpaired) electrons. The molecule has 1 unspecified atom stereocenters. The van der Waals surface area contributed by atoms with Gasteiger partial charge in [0.2, 0.25) is 5.91 Å². The van der Waals surface area contributed by atoms with Crippen LogP contribution < -0.4 is 10.2 Å². The highest BCUT2D eigenvalue weighted by Crippen LogP contribution is 2.33. The predicted molar refractivity (Wildman–Crippen MR) is 123 cm³/mol. The normalized spacial score (nSPS) is 17.0. The van der Waals surface area contributed by atoms with E-state index in [2.05, 4.69) is 29.2 Å². The first-order valence-electron chi connectivity index (χ1n) is 9.54. The lowest BCUT2D eigenvalue weighted by atomic mass is 10.2. The van der Waals surface area contributed by atoms with Crippen LogP contribution in [0.2, 0.25) is 5.02 Å². The van der Waals surface area contributed by atoms with Crippen LogP contribution in [-0.2, 0) is 4.79 Å². The zero-order valence-corrected chi connectivity index (χ0v) is 18.0. The van der Waals surface area contributed by atoms with E-state index in [1.807, 2.05) is 36.4 Å². The van der Waals surface area contributed by atoms with Crippen molar-refractivity contribution >= 4 is 56.0 Å². The van der Waals surface area contributed by atoms with Gasteiger partial charge >= 0.3 is 0 Å². The van der Waals surface area contributed by atoms with E-state index in [0.717, 1.165) is 46.1 Å². The Kier molecular flexibility index (Phi) is 5.85. The Morgan fingerprint density at radius 2 is 2.17 bits per heavy atom. The van der Waals surface area contributed by atoms with E-state index >= 15 is 0 Å². The standard InChI is InChI=1S/C22H23ClN4OS/c1-26(2)18-10-11-27(14-18)22-25-19-8-7-17(13-20(19)29-22)24-21(28)9-6-15-4-3-5-16(23)12-15/h3-9,12-13,18H,10-11,14H2,1-2H3,(H,24,28)/b9-6+. The molecule has 3 aromatic rings. The van der Waals surface area contributed by atoms with Gasteiger partial charge in [-0.25, -0.2) is 4.98 Å². The molecule has 1 fully saturated rings. The van der Waals surface area contributed by atoms with Crippen molar-refractivity contribution < 1.29 is 4.79 Å². The molecule has 0 spiro atoms. The second-order valence-corrected chi connectivity index (χ2v) is 8.85. The van der Waals surface area contributed by atoms with E-state index in [-0.39, 0.29) is 5.91 Å². The van der Waals surface area contributed by atoms with Gasteiger partial charge in [0.05, 0.1) is 10.2 Å². The lowest BCUT2D eigenvalue weighted by molar-refractivity contribution is -0.111. The molecule has 150 valence electrons. The number of anilines is 2. The second kappa shape index (κ2) is 8.53. The number of carbonyl (C=O) groups is 1.